The molecule has 0 unspecified atom stereocenters. The van der Waals surface area contributed by atoms with Gasteiger partial charge in [-0.25, -0.2) is 0 Å². The summed E-state index contributed by atoms with van der Waals surface area (Å²) in [6.45, 7) is 0.261. The molecular formula is C15H25NO3. The second-order valence-corrected chi connectivity index (χ2v) is 6.09. The van der Waals surface area contributed by atoms with E-state index in [1.807, 2.05) is 0 Å². The number of nitrogens with one attached hydrogen (secondary N) is 1. The third-order valence-electron chi connectivity index (χ3n) is 4.85. The molecule has 1 amide bonds. The van der Waals surface area contributed by atoms with Crippen molar-refractivity contribution in [2.24, 2.45) is 17.8 Å². The summed E-state index contributed by atoms with van der Waals surface area (Å²) >= 11 is 0. The van der Waals surface area contributed by atoms with Gasteiger partial charge in [-0.1, -0.05) is 25.7 Å². The minimum atomic E-state index is -0.856. The van der Waals surface area contributed by atoms with Crippen LogP contribution in [0.4, 0.5) is 0 Å². The van der Waals surface area contributed by atoms with E-state index in [1.165, 1.54) is 38.5 Å². The predicted octanol–water partition coefficient (Wildman–Crippen LogP) is 2.57. The van der Waals surface area contributed by atoms with Crippen molar-refractivity contribution in [1.29, 1.82) is 0 Å². The van der Waals surface area contributed by atoms with Gasteiger partial charge in [0.05, 0.1) is 6.42 Å². The Morgan fingerprint density at radius 1 is 0.947 bits per heavy atom. The van der Waals surface area contributed by atoms with E-state index in [1.54, 1.807) is 0 Å². The molecule has 0 atom stereocenters. The summed E-state index contributed by atoms with van der Waals surface area (Å²) in [5.74, 6) is 1.07. The average Bonchev–Trinajstić information content (AvgIpc) is 2.92. The van der Waals surface area contributed by atoms with Crippen LogP contribution in [0, 0.1) is 17.8 Å². The van der Waals surface area contributed by atoms with E-state index in [9.17, 15) is 9.59 Å². The van der Waals surface area contributed by atoms with Gasteiger partial charge in [0.2, 0.25) is 5.91 Å². The second-order valence-electron chi connectivity index (χ2n) is 6.09. The lowest BCUT2D eigenvalue weighted by Crippen LogP contribution is -2.35. The Morgan fingerprint density at radius 3 is 2.11 bits per heavy atom. The van der Waals surface area contributed by atoms with E-state index in [0.29, 0.717) is 0 Å². The minimum absolute atomic E-state index is 0.0170. The summed E-state index contributed by atoms with van der Waals surface area (Å²) in [6, 6.07) is 0. The molecule has 0 aliphatic heterocycles. The smallest absolute Gasteiger partial charge is 0.305 e. The quantitative estimate of drug-likeness (QED) is 0.804. The van der Waals surface area contributed by atoms with Crippen molar-refractivity contribution in [3.8, 4) is 0 Å². The molecular weight excluding hydrogens is 242 g/mol. The van der Waals surface area contributed by atoms with Crippen LogP contribution >= 0.6 is 0 Å². The zero-order valence-electron chi connectivity index (χ0n) is 11.6. The zero-order valence-corrected chi connectivity index (χ0v) is 11.6. The predicted molar refractivity (Wildman–Crippen MR) is 72.7 cm³/mol. The van der Waals surface area contributed by atoms with Gasteiger partial charge in [0.25, 0.3) is 0 Å². The van der Waals surface area contributed by atoms with Crippen LogP contribution in [-0.2, 0) is 9.59 Å². The molecule has 2 rings (SSSR count). The molecule has 2 fully saturated rings. The molecule has 2 aliphatic carbocycles. The fraction of sp³-hybridized carbons (Fsp3) is 0.867. The number of hydrogen-bond donors (Lipinski definition) is 2. The number of carboxylic acids is 1. The van der Waals surface area contributed by atoms with Gasteiger partial charge in [-0.2, -0.15) is 0 Å². The third-order valence-corrected chi connectivity index (χ3v) is 4.85. The summed E-state index contributed by atoms with van der Waals surface area (Å²) in [6.07, 6.45) is 9.91. The maximum Gasteiger partial charge on any atom is 0.305 e. The summed E-state index contributed by atoms with van der Waals surface area (Å²) in [5.41, 5.74) is 0. The highest BCUT2D eigenvalue weighted by atomic mass is 16.4. The molecule has 108 valence electrons. The average molecular weight is 267 g/mol. The van der Waals surface area contributed by atoms with Gasteiger partial charge in [-0.05, 0) is 37.5 Å². The largest absolute Gasteiger partial charge is 0.481 e. The number of hydrogen-bond acceptors (Lipinski definition) is 2. The highest BCUT2D eigenvalue weighted by Gasteiger charge is 2.31. The molecule has 4 nitrogen and oxygen atoms in total. The van der Waals surface area contributed by atoms with E-state index >= 15 is 0 Å². The topological polar surface area (TPSA) is 66.4 Å². The monoisotopic (exact) mass is 267 g/mol. The zero-order chi connectivity index (χ0) is 13.7. The first-order chi connectivity index (χ1) is 9.16. The van der Waals surface area contributed by atoms with Crippen molar-refractivity contribution >= 4 is 11.9 Å². The molecule has 0 saturated heterocycles. The van der Waals surface area contributed by atoms with Gasteiger partial charge in [0, 0.05) is 12.5 Å². The Labute approximate surface area is 115 Å². The Kier molecular flexibility index (Phi) is 5.23. The number of carbonyl (C=O) groups excluding carboxylic acids is 1. The van der Waals surface area contributed by atoms with E-state index < -0.39 is 5.97 Å². The maximum atomic E-state index is 11.9. The minimum Gasteiger partial charge on any atom is -0.481 e. The van der Waals surface area contributed by atoms with Crippen molar-refractivity contribution in [3.05, 3.63) is 0 Å². The molecule has 2 aliphatic rings. The molecule has 0 spiro atoms. The van der Waals surface area contributed by atoms with Gasteiger partial charge in [0.15, 0.2) is 0 Å². The Hall–Kier alpha value is -1.06. The van der Waals surface area contributed by atoms with E-state index in [0.717, 1.165) is 24.7 Å². The molecule has 2 saturated carbocycles. The fourth-order valence-corrected chi connectivity index (χ4v) is 3.72. The molecule has 0 radical (unpaired) electrons. The van der Waals surface area contributed by atoms with Gasteiger partial charge in [-0.3, -0.25) is 9.59 Å². The fourth-order valence-electron chi connectivity index (χ4n) is 3.72. The lowest BCUT2D eigenvalue weighted by Gasteiger charge is -2.31. The Balaban J connectivity index is 1.67. The molecule has 0 heterocycles. The van der Waals surface area contributed by atoms with E-state index in [2.05, 4.69) is 5.32 Å². The highest BCUT2D eigenvalue weighted by Crippen LogP contribution is 2.40. The third kappa shape index (κ3) is 4.22. The normalized spacial score (nSPS) is 28.2. The Bertz CT molecular complexity index is 315. The van der Waals surface area contributed by atoms with E-state index in [-0.39, 0.29) is 24.8 Å². The van der Waals surface area contributed by atoms with Crippen LogP contribution in [0.15, 0.2) is 0 Å². The van der Waals surface area contributed by atoms with Crippen molar-refractivity contribution in [1.82, 2.24) is 5.32 Å². The van der Waals surface area contributed by atoms with Crippen LogP contribution in [0.3, 0.4) is 0 Å². The summed E-state index contributed by atoms with van der Waals surface area (Å²) in [5, 5.41) is 11.3. The summed E-state index contributed by atoms with van der Waals surface area (Å²) in [7, 11) is 0. The number of rotatable bonds is 5. The lowest BCUT2D eigenvalue weighted by molar-refractivity contribution is -0.137. The van der Waals surface area contributed by atoms with Crippen molar-refractivity contribution in [3.63, 3.8) is 0 Å². The van der Waals surface area contributed by atoms with Gasteiger partial charge in [-0.15, -0.1) is 0 Å². The van der Waals surface area contributed by atoms with Crippen LogP contribution in [0.1, 0.15) is 57.8 Å². The van der Waals surface area contributed by atoms with Gasteiger partial charge >= 0.3 is 5.97 Å². The maximum absolute atomic E-state index is 11.9. The van der Waals surface area contributed by atoms with Crippen LogP contribution in [0.5, 0.6) is 0 Å². The van der Waals surface area contributed by atoms with Crippen molar-refractivity contribution < 1.29 is 14.7 Å². The van der Waals surface area contributed by atoms with Gasteiger partial charge < -0.3 is 10.4 Å². The van der Waals surface area contributed by atoms with Crippen molar-refractivity contribution in [2.45, 2.75) is 57.8 Å². The first-order valence-corrected chi connectivity index (χ1v) is 7.66. The molecule has 2 N–H and O–H groups in total. The van der Waals surface area contributed by atoms with E-state index in [4.69, 9.17) is 5.11 Å². The first-order valence-electron chi connectivity index (χ1n) is 7.66. The highest BCUT2D eigenvalue weighted by molar-refractivity contribution is 5.79. The Morgan fingerprint density at radius 2 is 1.53 bits per heavy atom. The molecule has 19 heavy (non-hydrogen) atoms. The number of aliphatic carboxylic acids is 1. The molecule has 4 heteroatoms. The lowest BCUT2D eigenvalue weighted by atomic mass is 9.75. The summed E-state index contributed by atoms with van der Waals surface area (Å²) in [4.78, 5) is 22.3. The molecule has 0 aromatic heterocycles. The number of carbonyl (C=O) groups is 2. The number of amides is 1. The van der Waals surface area contributed by atoms with Crippen LogP contribution in [0.25, 0.3) is 0 Å². The SMILES string of the molecule is O=C(O)CCNC(=O)C1CCC(C2CCCC2)CC1. The first kappa shape index (κ1) is 14.4. The standard InChI is InChI=1S/C15H25NO3/c17-14(18)9-10-16-15(19)13-7-5-12(6-8-13)11-3-1-2-4-11/h11-13H,1-10H2,(H,16,19)(H,17,18). The van der Waals surface area contributed by atoms with Crippen LogP contribution < -0.4 is 5.32 Å². The summed E-state index contributed by atoms with van der Waals surface area (Å²) < 4.78 is 0. The molecule has 0 bridgehead atoms. The van der Waals surface area contributed by atoms with Gasteiger partial charge in [0.1, 0.15) is 0 Å². The second kappa shape index (κ2) is 6.92. The van der Waals surface area contributed by atoms with Crippen LogP contribution in [-0.4, -0.2) is 23.5 Å². The molecule has 0 aromatic rings. The molecule has 0 aromatic carbocycles. The number of carboxylic acid groups (broad SMARTS) is 1. The van der Waals surface area contributed by atoms with Crippen molar-refractivity contribution in [2.75, 3.05) is 6.54 Å². The van der Waals surface area contributed by atoms with Crippen LogP contribution in [0.2, 0.25) is 0 Å².